The van der Waals surface area contributed by atoms with Crippen LogP contribution in [0.3, 0.4) is 0 Å². The number of benzene rings is 2. The fraction of sp³-hybridized carbons (Fsp3) is 0.458. The minimum Gasteiger partial charge on any atom is -0.378 e. The zero-order valence-electron chi connectivity index (χ0n) is 19.2. The van der Waals surface area contributed by atoms with Crippen molar-refractivity contribution in [2.45, 2.75) is 23.9 Å². The molecule has 4 rings (SSSR count). The molecule has 2 aromatic carbocycles. The Morgan fingerprint density at radius 2 is 1.82 bits per heavy atom. The van der Waals surface area contributed by atoms with E-state index in [1.807, 2.05) is 18.2 Å². The van der Waals surface area contributed by atoms with Crippen molar-refractivity contribution in [2.24, 2.45) is 0 Å². The number of anilines is 1. The van der Waals surface area contributed by atoms with Crippen molar-refractivity contribution in [2.75, 3.05) is 58.4 Å². The van der Waals surface area contributed by atoms with Gasteiger partial charge < -0.3 is 15.0 Å². The average Bonchev–Trinajstić information content (AvgIpc) is 3.26. The van der Waals surface area contributed by atoms with Crippen LogP contribution in [0.4, 0.5) is 5.69 Å². The van der Waals surface area contributed by atoms with Crippen LogP contribution in [-0.4, -0.2) is 83.1 Å². The number of morpholine rings is 1. The summed E-state index contributed by atoms with van der Waals surface area (Å²) in [4.78, 5) is 17.9. The number of nitrogens with one attached hydrogen (secondary N) is 1. The van der Waals surface area contributed by atoms with E-state index < -0.39 is 10.0 Å². The maximum Gasteiger partial charge on any atom is 0.253 e. The Morgan fingerprint density at radius 1 is 1.09 bits per heavy atom. The molecule has 9 heteroatoms. The van der Waals surface area contributed by atoms with Gasteiger partial charge in [0.2, 0.25) is 10.0 Å². The Labute approximate surface area is 196 Å². The molecule has 1 amide bonds. The molecule has 1 unspecified atom stereocenters. The normalized spacial score (nSPS) is 19.7. The van der Waals surface area contributed by atoms with E-state index in [2.05, 4.69) is 27.2 Å². The second kappa shape index (κ2) is 10.2. The van der Waals surface area contributed by atoms with Gasteiger partial charge in [-0.15, -0.1) is 0 Å². The summed E-state index contributed by atoms with van der Waals surface area (Å²) in [5.41, 5.74) is 2.38. The lowest BCUT2D eigenvalue weighted by molar-refractivity contribution is 0.0936. The molecule has 1 N–H and O–H groups in total. The van der Waals surface area contributed by atoms with Gasteiger partial charge in [-0.05, 0) is 30.2 Å². The van der Waals surface area contributed by atoms with E-state index in [1.165, 1.54) is 25.7 Å². The van der Waals surface area contributed by atoms with Gasteiger partial charge in [-0.25, -0.2) is 12.7 Å². The Balaban J connectivity index is 1.52. The Morgan fingerprint density at radius 3 is 2.52 bits per heavy atom. The Bertz CT molecular complexity index is 1070. The summed E-state index contributed by atoms with van der Waals surface area (Å²) in [5, 5.41) is 3.15. The number of sulfonamides is 1. The van der Waals surface area contributed by atoms with E-state index in [0.29, 0.717) is 31.9 Å². The first-order valence-corrected chi connectivity index (χ1v) is 12.7. The number of carbonyl (C=O) groups excluding carboxylic acids is 1. The lowest BCUT2D eigenvalue weighted by Gasteiger charge is -2.31. The number of hydrogen-bond acceptors (Lipinski definition) is 6. The highest BCUT2D eigenvalue weighted by atomic mass is 32.2. The van der Waals surface area contributed by atoms with Crippen molar-refractivity contribution in [1.29, 1.82) is 0 Å². The molecule has 0 radical (unpaired) electrons. The maximum atomic E-state index is 13.4. The third kappa shape index (κ3) is 5.55. The molecular formula is C24H32N4O4S. The van der Waals surface area contributed by atoms with Crippen LogP contribution in [0.2, 0.25) is 0 Å². The van der Waals surface area contributed by atoms with Crippen LogP contribution in [0.5, 0.6) is 0 Å². The lowest BCUT2D eigenvalue weighted by atomic mass is 10.1. The summed E-state index contributed by atoms with van der Waals surface area (Å²) in [6.07, 6.45) is 0.862. The summed E-state index contributed by atoms with van der Waals surface area (Å²) in [6.45, 7) is 5.01. The fourth-order valence-corrected chi connectivity index (χ4v) is 5.28. The molecule has 33 heavy (non-hydrogen) atoms. The predicted octanol–water partition coefficient (Wildman–Crippen LogP) is 1.78. The van der Waals surface area contributed by atoms with Gasteiger partial charge in [0.15, 0.2) is 0 Å². The molecule has 1 atom stereocenters. The molecule has 2 aromatic rings. The fourth-order valence-electron chi connectivity index (χ4n) is 4.35. The standard InChI is InChI=1S/C24H32N4O4S/c1-26(2)33(30,31)21-8-9-23(28-12-14-32-15-13-28)22(16-21)24(29)25-20-10-11-27(18-20)17-19-6-4-3-5-7-19/h3-9,16,20H,10-15,17-18H2,1-2H3,(H,25,29). The lowest BCUT2D eigenvalue weighted by Crippen LogP contribution is -2.40. The van der Waals surface area contributed by atoms with Gasteiger partial charge in [-0.3, -0.25) is 9.69 Å². The van der Waals surface area contributed by atoms with E-state index in [9.17, 15) is 13.2 Å². The van der Waals surface area contributed by atoms with Gasteiger partial charge in [0, 0.05) is 58.5 Å². The Hall–Kier alpha value is -2.46. The van der Waals surface area contributed by atoms with Crippen LogP contribution in [0.15, 0.2) is 53.4 Å². The van der Waals surface area contributed by atoms with Crippen molar-refractivity contribution < 1.29 is 17.9 Å². The number of carbonyl (C=O) groups is 1. The molecule has 2 saturated heterocycles. The Kier molecular flexibility index (Phi) is 7.33. The molecule has 0 bridgehead atoms. The number of ether oxygens (including phenoxy) is 1. The van der Waals surface area contributed by atoms with Crippen molar-refractivity contribution >= 4 is 21.6 Å². The topological polar surface area (TPSA) is 82.2 Å². The highest BCUT2D eigenvalue weighted by molar-refractivity contribution is 7.89. The zero-order valence-corrected chi connectivity index (χ0v) is 20.1. The molecule has 2 heterocycles. The van der Waals surface area contributed by atoms with Crippen LogP contribution in [-0.2, 0) is 21.3 Å². The van der Waals surface area contributed by atoms with E-state index in [-0.39, 0.29) is 16.8 Å². The monoisotopic (exact) mass is 472 g/mol. The SMILES string of the molecule is CN(C)S(=O)(=O)c1ccc(N2CCOCC2)c(C(=O)NC2CCN(Cc3ccccc3)C2)c1. The molecule has 2 aliphatic heterocycles. The molecule has 0 spiro atoms. The first kappa shape index (κ1) is 23.7. The number of rotatable bonds is 7. The number of likely N-dealkylation sites (tertiary alicyclic amines) is 1. The summed E-state index contributed by atoms with van der Waals surface area (Å²) in [6, 6.07) is 15.1. The van der Waals surface area contributed by atoms with Gasteiger partial charge in [0.1, 0.15) is 0 Å². The molecule has 0 aromatic heterocycles. The van der Waals surface area contributed by atoms with Gasteiger partial charge in [0.05, 0.1) is 23.7 Å². The van der Waals surface area contributed by atoms with E-state index in [0.717, 1.165) is 36.0 Å². The number of hydrogen-bond donors (Lipinski definition) is 1. The van der Waals surface area contributed by atoms with Crippen molar-refractivity contribution in [3.8, 4) is 0 Å². The van der Waals surface area contributed by atoms with Crippen molar-refractivity contribution in [3.05, 3.63) is 59.7 Å². The molecule has 8 nitrogen and oxygen atoms in total. The minimum absolute atomic E-state index is 0.0212. The summed E-state index contributed by atoms with van der Waals surface area (Å²) >= 11 is 0. The van der Waals surface area contributed by atoms with Gasteiger partial charge >= 0.3 is 0 Å². The smallest absolute Gasteiger partial charge is 0.253 e. The quantitative estimate of drug-likeness (QED) is 0.662. The largest absolute Gasteiger partial charge is 0.378 e. The van der Waals surface area contributed by atoms with E-state index in [4.69, 9.17) is 4.74 Å². The third-order valence-corrected chi connectivity index (χ3v) is 8.01. The number of nitrogens with zero attached hydrogens (tertiary/aromatic N) is 3. The highest BCUT2D eigenvalue weighted by Gasteiger charge is 2.28. The molecule has 0 saturated carbocycles. The maximum absolute atomic E-state index is 13.4. The molecule has 178 valence electrons. The minimum atomic E-state index is -3.65. The van der Waals surface area contributed by atoms with Crippen LogP contribution in [0.1, 0.15) is 22.3 Å². The van der Waals surface area contributed by atoms with Crippen LogP contribution in [0.25, 0.3) is 0 Å². The second-order valence-corrected chi connectivity index (χ2v) is 10.9. The summed E-state index contributed by atoms with van der Waals surface area (Å²) in [5.74, 6) is -0.237. The first-order valence-electron chi connectivity index (χ1n) is 11.3. The third-order valence-electron chi connectivity index (χ3n) is 6.20. The summed E-state index contributed by atoms with van der Waals surface area (Å²) in [7, 11) is -0.667. The molecule has 0 aliphatic carbocycles. The van der Waals surface area contributed by atoms with Crippen molar-refractivity contribution in [3.63, 3.8) is 0 Å². The summed E-state index contributed by atoms with van der Waals surface area (Å²) < 4.78 is 32.0. The predicted molar refractivity (Wildman–Crippen MR) is 128 cm³/mol. The van der Waals surface area contributed by atoms with Crippen LogP contribution >= 0.6 is 0 Å². The highest BCUT2D eigenvalue weighted by Crippen LogP contribution is 2.27. The van der Waals surface area contributed by atoms with Gasteiger partial charge in [-0.2, -0.15) is 0 Å². The number of amides is 1. The van der Waals surface area contributed by atoms with E-state index in [1.54, 1.807) is 12.1 Å². The zero-order chi connectivity index (χ0) is 23.4. The van der Waals surface area contributed by atoms with Gasteiger partial charge in [0.25, 0.3) is 5.91 Å². The van der Waals surface area contributed by atoms with E-state index >= 15 is 0 Å². The second-order valence-electron chi connectivity index (χ2n) is 8.75. The van der Waals surface area contributed by atoms with Gasteiger partial charge in [-0.1, -0.05) is 30.3 Å². The molecule has 2 aliphatic rings. The van der Waals surface area contributed by atoms with Crippen molar-refractivity contribution in [1.82, 2.24) is 14.5 Å². The van der Waals surface area contributed by atoms with Crippen LogP contribution < -0.4 is 10.2 Å². The first-order chi connectivity index (χ1) is 15.8. The average molecular weight is 473 g/mol. The van der Waals surface area contributed by atoms with Crippen LogP contribution in [0, 0.1) is 0 Å². The molecular weight excluding hydrogens is 440 g/mol. The molecule has 2 fully saturated rings.